The van der Waals surface area contributed by atoms with Crippen molar-refractivity contribution >= 4 is 6.03 Å². The van der Waals surface area contributed by atoms with Crippen LogP contribution in [-0.4, -0.2) is 42.5 Å². The topological polar surface area (TPSA) is 94.2 Å². The second-order valence-corrected chi connectivity index (χ2v) is 2.93. The predicted molar refractivity (Wildman–Crippen MR) is 40.5 cm³/mol. The van der Waals surface area contributed by atoms with Crippen LogP contribution in [0, 0.1) is 4.91 Å². The van der Waals surface area contributed by atoms with Gasteiger partial charge in [-0.15, -0.1) is 4.91 Å². The highest BCUT2D eigenvalue weighted by Gasteiger charge is 2.60. The second kappa shape index (κ2) is 2.93. The maximum atomic E-state index is 10.7. The van der Waals surface area contributed by atoms with E-state index >= 15 is 0 Å². The van der Waals surface area contributed by atoms with E-state index in [2.05, 4.69) is 5.29 Å². The first-order valence-electron chi connectivity index (χ1n) is 3.91. The summed E-state index contributed by atoms with van der Waals surface area (Å²) >= 11 is 0. The van der Waals surface area contributed by atoms with Gasteiger partial charge in [0.2, 0.25) is 0 Å². The van der Waals surface area contributed by atoms with Crippen LogP contribution in [0.1, 0.15) is 0 Å². The summed E-state index contributed by atoms with van der Waals surface area (Å²) in [6.45, 7) is 0.951. The number of nitroso groups, excluding NO2 is 1. The van der Waals surface area contributed by atoms with Crippen molar-refractivity contribution in [1.29, 1.82) is 0 Å². The molecule has 2 amide bonds. The highest BCUT2D eigenvalue weighted by atomic mass is 16.6. The molecule has 2 atom stereocenters. The van der Waals surface area contributed by atoms with Crippen LogP contribution in [0.4, 0.5) is 4.79 Å². The molecule has 0 aromatic heterocycles. The van der Waals surface area contributed by atoms with Crippen molar-refractivity contribution < 1.29 is 14.3 Å². The number of carbonyl (C=O) groups excluding carboxylic acids is 1. The zero-order chi connectivity index (χ0) is 9.42. The molecule has 7 nitrogen and oxygen atoms in total. The maximum absolute atomic E-state index is 10.7. The number of rotatable bonds is 2. The van der Waals surface area contributed by atoms with E-state index in [1.165, 1.54) is 0 Å². The molecule has 2 unspecified atom stereocenters. The Morgan fingerprint density at radius 2 is 1.92 bits per heavy atom. The molecular weight excluding hydrogens is 178 g/mol. The molecule has 1 saturated carbocycles. The van der Waals surface area contributed by atoms with Gasteiger partial charge in [-0.3, -0.25) is 0 Å². The average molecular weight is 187 g/mol. The lowest BCUT2D eigenvalue weighted by Crippen LogP contribution is -2.35. The van der Waals surface area contributed by atoms with E-state index in [4.69, 9.17) is 15.2 Å². The minimum absolute atomic E-state index is 0.237. The quantitative estimate of drug-likeness (QED) is 0.453. The fraction of sp³-hybridized carbons (Fsp3) is 0.833. The Labute approximate surface area is 73.7 Å². The van der Waals surface area contributed by atoms with Crippen LogP contribution in [0.25, 0.3) is 0 Å². The van der Waals surface area contributed by atoms with Crippen LogP contribution < -0.4 is 5.73 Å². The highest BCUT2D eigenvalue weighted by Crippen LogP contribution is 2.37. The Bertz CT molecular complexity index is 234. The maximum Gasteiger partial charge on any atom is 0.338 e. The van der Waals surface area contributed by atoms with Gasteiger partial charge in [0.1, 0.15) is 18.2 Å². The summed E-state index contributed by atoms with van der Waals surface area (Å²) in [6.07, 6.45) is -0.474. The minimum atomic E-state index is -0.874. The average Bonchev–Trinajstić information content (AvgIpc) is 2.81. The molecule has 2 aliphatic rings. The lowest BCUT2D eigenvalue weighted by molar-refractivity contribution is -0.0376. The number of nitrogens with two attached hydrogens (primary N) is 1. The van der Waals surface area contributed by atoms with Crippen LogP contribution >= 0.6 is 0 Å². The van der Waals surface area contributed by atoms with Crippen molar-refractivity contribution in [3.8, 4) is 0 Å². The number of carbonyl (C=O) groups is 1. The first kappa shape index (κ1) is 8.39. The monoisotopic (exact) mass is 187 g/mol. The number of nitrogens with zero attached hydrogens (tertiary/aromatic N) is 2. The third-order valence-corrected chi connectivity index (χ3v) is 2.16. The number of ether oxygens (including phenoxy) is 2. The Morgan fingerprint density at radius 3 is 2.31 bits per heavy atom. The number of urea groups is 1. The normalized spacial score (nSPS) is 36.2. The second-order valence-electron chi connectivity index (χ2n) is 2.93. The standard InChI is InChI=1S/C6H9N3O4/c7-6(10)9(8-11)3-4-5(3)13-2-1-12-4/h3-5H,1-2H2,(H2,7,10). The molecule has 72 valence electrons. The Balaban J connectivity index is 2.02. The van der Waals surface area contributed by atoms with Gasteiger partial charge in [-0.1, -0.05) is 0 Å². The lowest BCUT2D eigenvalue weighted by Gasteiger charge is -2.08. The van der Waals surface area contributed by atoms with Gasteiger partial charge in [-0.2, -0.15) is 5.01 Å². The van der Waals surface area contributed by atoms with Gasteiger partial charge in [-0.05, 0) is 0 Å². The summed E-state index contributed by atoms with van der Waals surface area (Å²) in [4.78, 5) is 20.9. The zero-order valence-electron chi connectivity index (χ0n) is 6.75. The van der Waals surface area contributed by atoms with E-state index in [0.717, 1.165) is 0 Å². The molecule has 1 aliphatic heterocycles. The SMILES string of the molecule is NC(=O)N(N=O)C1C2OCCOC21. The van der Waals surface area contributed by atoms with Gasteiger partial charge in [0.25, 0.3) is 0 Å². The van der Waals surface area contributed by atoms with Crippen molar-refractivity contribution in [3.05, 3.63) is 4.91 Å². The zero-order valence-corrected chi connectivity index (χ0v) is 6.75. The van der Waals surface area contributed by atoms with Gasteiger partial charge < -0.3 is 15.2 Å². The van der Waals surface area contributed by atoms with E-state index in [1.807, 2.05) is 0 Å². The number of amides is 2. The van der Waals surface area contributed by atoms with E-state index in [1.54, 1.807) is 0 Å². The van der Waals surface area contributed by atoms with E-state index in [9.17, 15) is 9.70 Å². The van der Waals surface area contributed by atoms with Crippen LogP contribution in [-0.2, 0) is 9.47 Å². The molecule has 0 aromatic rings. The first-order chi connectivity index (χ1) is 6.25. The van der Waals surface area contributed by atoms with Crippen molar-refractivity contribution in [2.75, 3.05) is 13.2 Å². The fourth-order valence-electron chi connectivity index (χ4n) is 1.52. The molecule has 1 aliphatic carbocycles. The molecule has 0 radical (unpaired) electrons. The van der Waals surface area contributed by atoms with E-state index < -0.39 is 12.1 Å². The van der Waals surface area contributed by atoms with Gasteiger partial charge in [0, 0.05) is 0 Å². The van der Waals surface area contributed by atoms with Crippen LogP contribution in [0.2, 0.25) is 0 Å². The number of primary amides is 1. The third kappa shape index (κ3) is 1.25. The molecule has 0 spiro atoms. The molecule has 2 N–H and O–H groups in total. The van der Waals surface area contributed by atoms with Gasteiger partial charge in [0.05, 0.1) is 18.5 Å². The molecule has 2 fully saturated rings. The summed E-state index contributed by atoms with van der Waals surface area (Å²) in [5, 5.41) is 3.19. The predicted octanol–water partition coefficient (Wildman–Crippen LogP) is -0.785. The number of fused-ring (bicyclic) bond motifs is 1. The van der Waals surface area contributed by atoms with Gasteiger partial charge in [0.15, 0.2) is 0 Å². The van der Waals surface area contributed by atoms with Gasteiger partial charge in [-0.25, -0.2) is 4.79 Å². The molecule has 0 bridgehead atoms. The van der Waals surface area contributed by atoms with Crippen LogP contribution in [0.3, 0.4) is 0 Å². The molecule has 7 heteroatoms. The highest BCUT2D eigenvalue weighted by molar-refractivity contribution is 5.72. The molecule has 1 saturated heterocycles. The summed E-state index contributed by atoms with van der Waals surface area (Å²) in [7, 11) is 0. The third-order valence-electron chi connectivity index (χ3n) is 2.16. The summed E-state index contributed by atoms with van der Waals surface area (Å²) in [5.74, 6) is 0. The van der Waals surface area contributed by atoms with Gasteiger partial charge >= 0.3 is 6.03 Å². The van der Waals surface area contributed by atoms with Crippen molar-refractivity contribution in [1.82, 2.24) is 5.01 Å². The number of hydrogen-bond donors (Lipinski definition) is 1. The largest absolute Gasteiger partial charge is 0.371 e. The minimum Gasteiger partial charge on any atom is -0.371 e. The first-order valence-corrected chi connectivity index (χ1v) is 3.91. The summed E-state index contributed by atoms with van der Waals surface area (Å²) < 4.78 is 10.4. The summed E-state index contributed by atoms with van der Waals surface area (Å²) in [6, 6.07) is -1.31. The van der Waals surface area contributed by atoms with Crippen LogP contribution in [0.5, 0.6) is 0 Å². The molecular formula is C6H9N3O4. The Hall–Kier alpha value is -1.21. The van der Waals surface area contributed by atoms with Crippen LogP contribution in [0.15, 0.2) is 5.29 Å². The summed E-state index contributed by atoms with van der Waals surface area (Å²) in [5.41, 5.74) is 4.92. The smallest absolute Gasteiger partial charge is 0.338 e. The Morgan fingerprint density at radius 1 is 1.38 bits per heavy atom. The van der Waals surface area contributed by atoms with Crippen molar-refractivity contribution in [3.63, 3.8) is 0 Å². The van der Waals surface area contributed by atoms with E-state index in [0.29, 0.717) is 18.2 Å². The van der Waals surface area contributed by atoms with Crippen molar-refractivity contribution in [2.45, 2.75) is 18.2 Å². The number of hydrogen-bond acceptors (Lipinski definition) is 5. The fourth-order valence-corrected chi connectivity index (χ4v) is 1.52. The lowest BCUT2D eigenvalue weighted by atomic mass is 10.6. The Kier molecular flexibility index (Phi) is 1.89. The van der Waals surface area contributed by atoms with E-state index in [-0.39, 0.29) is 12.2 Å². The molecule has 0 aromatic carbocycles. The van der Waals surface area contributed by atoms with Crippen molar-refractivity contribution in [2.24, 2.45) is 11.0 Å². The molecule has 13 heavy (non-hydrogen) atoms. The molecule has 2 rings (SSSR count). The molecule has 1 heterocycles.